The van der Waals surface area contributed by atoms with E-state index in [-0.39, 0.29) is 11.8 Å². The van der Waals surface area contributed by atoms with Crippen molar-refractivity contribution in [2.24, 2.45) is 5.92 Å². The number of amides is 1. The van der Waals surface area contributed by atoms with Crippen LogP contribution in [0.4, 0.5) is 5.69 Å². The zero-order valence-corrected chi connectivity index (χ0v) is 14.3. The highest BCUT2D eigenvalue weighted by molar-refractivity contribution is 5.94. The van der Waals surface area contributed by atoms with Crippen LogP contribution in [0.15, 0.2) is 24.3 Å². The quantitative estimate of drug-likeness (QED) is 0.931. The lowest BCUT2D eigenvalue weighted by molar-refractivity contribution is -0.119. The second kappa shape index (κ2) is 6.62. The number of rotatable bonds is 3. The third-order valence-electron chi connectivity index (χ3n) is 5.58. The molecule has 1 saturated heterocycles. The molecule has 4 nitrogen and oxygen atoms in total. The summed E-state index contributed by atoms with van der Waals surface area (Å²) in [5.41, 5.74) is 1.82. The van der Waals surface area contributed by atoms with Gasteiger partial charge >= 0.3 is 0 Å². The molecule has 23 heavy (non-hydrogen) atoms. The minimum Gasteiger partial charge on any atom is -0.390 e. The smallest absolute Gasteiger partial charge is 0.228 e. The van der Waals surface area contributed by atoms with Crippen molar-refractivity contribution in [3.63, 3.8) is 0 Å². The van der Waals surface area contributed by atoms with E-state index in [0.717, 1.165) is 51.1 Å². The fraction of sp³-hybridized carbons (Fsp3) is 0.632. The number of hydrogen-bond acceptors (Lipinski definition) is 3. The molecule has 2 heterocycles. The van der Waals surface area contributed by atoms with E-state index < -0.39 is 5.60 Å². The molecule has 0 radical (unpaired) electrons. The Labute approximate surface area is 139 Å². The number of piperidine rings is 1. The highest BCUT2D eigenvalue weighted by atomic mass is 16.3. The van der Waals surface area contributed by atoms with Crippen LogP contribution >= 0.6 is 0 Å². The van der Waals surface area contributed by atoms with E-state index in [4.69, 9.17) is 0 Å². The molecule has 4 heteroatoms. The number of aryl methyl sites for hydroxylation is 1. The third-order valence-corrected chi connectivity index (χ3v) is 5.58. The number of fused-ring (bicyclic) bond motifs is 1. The Morgan fingerprint density at radius 1 is 1.35 bits per heavy atom. The molecule has 0 bridgehead atoms. The van der Waals surface area contributed by atoms with E-state index in [1.54, 1.807) is 0 Å². The van der Waals surface area contributed by atoms with E-state index in [1.165, 1.54) is 5.56 Å². The molecule has 0 aromatic heterocycles. The largest absolute Gasteiger partial charge is 0.390 e. The van der Waals surface area contributed by atoms with Crippen molar-refractivity contribution in [2.45, 2.75) is 45.1 Å². The highest BCUT2D eigenvalue weighted by Crippen LogP contribution is 2.29. The van der Waals surface area contributed by atoms with Crippen molar-refractivity contribution in [1.29, 1.82) is 0 Å². The highest BCUT2D eigenvalue weighted by Gasteiger charge is 2.34. The Balaban J connectivity index is 1.57. The van der Waals surface area contributed by atoms with Crippen LogP contribution in [0.5, 0.6) is 0 Å². The second-order valence-electron chi connectivity index (χ2n) is 7.34. The topological polar surface area (TPSA) is 43.8 Å². The molecule has 3 rings (SSSR count). The first-order valence-electron chi connectivity index (χ1n) is 8.80. The molecule has 2 aliphatic heterocycles. The molecule has 1 fully saturated rings. The molecule has 2 aliphatic rings. The summed E-state index contributed by atoms with van der Waals surface area (Å²) < 4.78 is 0. The van der Waals surface area contributed by atoms with Gasteiger partial charge in [-0.1, -0.05) is 25.1 Å². The fourth-order valence-electron chi connectivity index (χ4n) is 3.69. The summed E-state index contributed by atoms with van der Waals surface area (Å²) in [6, 6.07) is 8.25. The van der Waals surface area contributed by atoms with Gasteiger partial charge in [-0.05, 0) is 43.7 Å². The van der Waals surface area contributed by atoms with Gasteiger partial charge in [-0.15, -0.1) is 0 Å². The van der Waals surface area contributed by atoms with Gasteiger partial charge in [0.2, 0.25) is 5.91 Å². The Hall–Kier alpha value is -1.39. The maximum Gasteiger partial charge on any atom is 0.228 e. The maximum atomic E-state index is 12.7. The van der Waals surface area contributed by atoms with Crippen LogP contribution in [0.1, 0.15) is 38.7 Å². The Morgan fingerprint density at radius 2 is 2.13 bits per heavy atom. The number of nitrogens with zero attached hydrogens (tertiary/aromatic N) is 2. The maximum absolute atomic E-state index is 12.7. The van der Waals surface area contributed by atoms with Crippen molar-refractivity contribution in [3.05, 3.63) is 29.8 Å². The van der Waals surface area contributed by atoms with E-state index in [0.29, 0.717) is 6.42 Å². The van der Waals surface area contributed by atoms with Gasteiger partial charge in [-0.3, -0.25) is 4.79 Å². The number of carbonyl (C=O) groups is 1. The van der Waals surface area contributed by atoms with Crippen LogP contribution in [0.3, 0.4) is 0 Å². The first kappa shape index (κ1) is 16.5. The zero-order chi connectivity index (χ0) is 16.4. The summed E-state index contributed by atoms with van der Waals surface area (Å²) in [6.07, 6.45) is 3.46. The minimum atomic E-state index is -0.563. The number of likely N-dealkylation sites (tertiary alicyclic amines) is 1. The van der Waals surface area contributed by atoms with Gasteiger partial charge in [0.15, 0.2) is 0 Å². The molecular formula is C19H28N2O2. The van der Waals surface area contributed by atoms with Gasteiger partial charge in [0.05, 0.1) is 5.60 Å². The first-order chi connectivity index (χ1) is 11.0. The molecule has 1 amide bonds. The Bertz CT molecular complexity index is 570. The third kappa shape index (κ3) is 3.59. The molecule has 0 unspecified atom stereocenters. The number of anilines is 1. The van der Waals surface area contributed by atoms with E-state index in [2.05, 4.69) is 24.0 Å². The molecule has 126 valence electrons. The van der Waals surface area contributed by atoms with Gasteiger partial charge < -0.3 is 14.9 Å². The second-order valence-corrected chi connectivity index (χ2v) is 7.34. The standard InChI is InChI=1S/C19H28N2O2/c1-15-14-20(13-10-19(15,2)23)12-9-18(22)21-11-5-7-16-6-3-4-8-17(16)21/h3-4,6,8,15,23H,5,7,9-14H2,1-2H3/t15-,19+/m1/s1. The van der Waals surface area contributed by atoms with Crippen LogP contribution in [-0.2, 0) is 11.2 Å². The predicted octanol–water partition coefficient (Wildman–Crippen LogP) is 2.45. The van der Waals surface area contributed by atoms with Crippen molar-refractivity contribution < 1.29 is 9.90 Å². The van der Waals surface area contributed by atoms with Crippen molar-refractivity contribution >= 4 is 11.6 Å². The van der Waals surface area contributed by atoms with Gasteiger partial charge in [-0.25, -0.2) is 0 Å². The molecular weight excluding hydrogens is 288 g/mol. The number of aliphatic hydroxyl groups is 1. The normalized spacial score (nSPS) is 28.5. The van der Waals surface area contributed by atoms with Crippen LogP contribution < -0.4 is 4.90 Å². The van der Waals surface area contributed by atoms with Crippen molar-refractivity contribution in [2.75, 3.05) is 31.1 Å². The van der Waals surface area contributed by atoms with Gasteiger partial charge in [0, 0.05) is 38.3 Å². The van der Waals surface area contributed by atoms with Gasteiger partial charge in [-0.2, -0.15) is 0 Å². The summed E-state index contributed by atoms with van der Waals surface area (Å²) in [4.78, 5) is 16.9. The molecule has 0 saturated carbocycles. The summed E-state index contributed by atoms with van der Waals surface area (Å²) in [7, 11) is 0. The molecule has 0 spiro atoms. The number of benzene rings is 1. The van der Waals surface area contributed by atoms with E-state index >= 15 is 0 Å². The van der Waals surface area contributed by atoms with Crippen LogP contribution in [0.2, 0.25) is 0 Å². The van der Waals surface area contributed by atoms with Gasteiger partial charge in [0.1, 0.15) is 0 Å². The van der Waals surface area contributed by atoms with Crippen molar-refractivity contribution in [1.82, 2.24) is 4.90 Å². The minimum absolute atomic E-state index is 0.224. The lowest BCUT2D eigenvalue weighted by atomic mass is 9.84. The SMILES string of the molecule is C[C@@H]1CN(CCC(=O)N2CCCc3ccccc32)CC[C@]1(C)O. The molecule has 1 N–H and O–H groups in total. The monoisotopic (exact) mass is 316 g/mol. The number of para-hydroxylation sites is 1. The van der Waals surface area contributed by atoms with Crippen LogP contribution in [0.25, 0.3) is 0 Å². The summed E-state index contributed by atoms with van der Waals surface area (Å²) in [6.45, 7) is 7.39. The summed E-state index contributed by atoms with van der Waals surface area (Å²) >= 11 is 0. The fourth-order valence-corrected chi connectivity index (χ4v) is 3.69. The summed E-state index contributed by atoms with van der Waals surface area (Å²) in [5, 5.41) is 10.2. The molecule has 1 aromatic carbocycles. The Kier molecular flexibility index (Phi) is 4.74. The Morgan fingerprint density at radius 3 is 2.91 bits per heavy atom. The zero-order valence-electron chi connectivity index (χ0n) is 14.3. The van der Waals surface area contributed by atoms with Crippen LogP contribution in [0, 0.1) is 5.92 Å². The first-order valence-corrected chi connectivity index (χ1v) is 8.80. The molecule has 0 aliphatic carbocycles. The lowest BCUT2D eigenvalue weighted by Crippen LogP contribution is -2.49. The lowest BCUT2D eigenvalue weighted by Gasteiger charge is -2.41. The average molecular weight is 316 g/mol. The summed E-state index contributed by atoms with van der Waals surface area (Å²) in [5.74, 6) is 0.476. The van der Waals surface area contributed by atoms with Crippen LogP contribution in [-0.4, -0.2) is 47.7 Å². The van der Waals surface area contributed by atoms with Gasteiger partial charge in [0.25, 0.3) is 0 Å². The van der Waals surface area contributed by atoms with E-state index in [9.17, 15) is 9.90 Å². The average Bonchev–Trinajstić information content (AvgIpc) is 2.55. The van der Waals surface area contributed by atoms with E-state index in [1.807, 2.05) is 24.0 Å². The predicted molar refractivity (Wildman–Crippen MR) is 92.6 cm³/mol. The number of carbonyl (C=O) groups excluding carboxylic acids is 1. The molecule has 2 atom stereocenters. The molecule has 1 aromatic rings. The van der Waals surface area contributed by atoms with Crippen molar-refractivity contribution in [3.8, 4) is 0 Å². The number of hydrogen-bond donors (Lipinski definition) is 1.